The molecule has 2 rings (SSSR count). The van der Waals surface area contributed by atoms with Gasteiger partial charge in [-0.25, -0.2) is 0 Å². The number of nitrogens with two attached hydrogens (primary N) is 1. The maximum atomic E-state index is 11.7. The highest BCUT2D eigenvalue weighted by Gasteiger charge is 2.27. The molecular weight excluding hydrogens is 264 g/mol. The first-order valence-electron chi connectivity index (χ1n) is 6.55. The Kier molecular flexibility index (Phi) is 5.05. The number of halogens is 1. The third-order valence-corrected chi connectivity index (χ3v) is 3.53. The maximum absolute atomic E-state index is 11.7. The van der Waals surface area contributed by atoms with Gasteiger partial charge in [0.2, 0.25) is 5.91 Å². The van der Waals surface area contributed by atoms with Crippen LogP contribution >= 0.6 is 11.6 Å². The molecule has 1 unspecified atom stereocenters. The van der Waals surface area contributed by atoms with Crippen molar-refractivity contribution in [3.63, 3.8) is 0 Å². The SMILES string of the molecule is NCC1CC(=O)N(CCCOc2ccc(Cl)cc2)C1. The molecule has 0 radical (unpaired) electrons. The smallest absolute Gasteiger partial charge is 0.222 e. The molecule has 19 heavy (non-hydrogen) atoms. The van der Waals surface area contributed by atoms with Crippen LogP contribution < -0.4 is 10.5 Å². The lowest BCUT2D eigenvalue weighted by Gasteiger charge is -2.16. The van der Waals surface area contributed by atoms with Crippen molar-refractivity contribution in [2.45, 2.75) is 12.8 Å². The predicted molar refractivity (Wildman–Crippen MR) is 75.3 cm³/mol. The van der Waals surface area contributed by atoms with Crippen LogP contribution in [0, 0.1) is 5.92 Å². The average Bonchev–Trinajstić information content (AvgIpc) is 2.77. The fraction of sp³-hybridized carbons (Fsp3) is 0.500. The van der Waals surface area contributed by atoms with E-state index in [-0.39, 0.29) is 5.91 Å². The van der Waals surface area contributed by atoms with Crippen LogP contribution in [0.3, 0.4) is 0 Å². The molecule has 1 atom stereocenters. The molecular formula is C14H19ClN2O2. The summed E-state index contributed by atoms with van der Waals surface area (Å²) in [5.74, 6) is 1.34. The van der Waals surface area contributed by atoms with E-state index >= 15 is 0 Å². The Morgan fingerprint density at radius 1 is 1.37 bits per heavy atom. The number of ether oxygens (including phenoxy) is 1. The number of hydrogen-bond acceptors (Lipinski definition) is 3. The molecule has 0 aromatic heterocycles. The minimum Gasteiger partial charge on any atom is -0.494 e. The second-order valence-corrected chi connectivity index (χ2v) is 5.24. The highest BCUT2D eigenvalue weighted by molar-refractivity contribution is 6.30. The van der Waals surface area contributed by atoms with Gasteiger partial charge in [-0.15, -0.1) is 0 Å². The summed E-state index contributed by atoms with van der Waals surface area (Å²) in [5, 5.41) is 0.697. The summed E-state index contributed by atoms with van der Waals surface area (Å²) in [6.45, 7) is 2.71. The molecule has 1 saturated heterocycles. The van der Waals surface area contributed by atoms with Crippen molar-refractivity contribution >= 4 is 17.5 Å². The molecule has 2 N–H and O–H groups in total. The first-order valence-corrected chi connectivity index (χ1v) is 6.93. The van der Waals surface area contributed by atoms with Crippen LogP contribution in [0.1, 0.15) is 12.8 Å². The fourth-order valence-electron chi connectivity index (χ4n) is 2.20. The number of benzene rings is 1. The second kappa shape index (κ2) is 6.78. The van der Waals surface area contributed by atoms with Crippen LogP contribution in [0.25, 0.3) is 0 Å². The summed E-state index contributed by atoms with van der Waals surface area (Å²) >= 11 is 5.79. The number of likely N-dealkylation sites (tertiary alicyclic amines) is 1. The van der Waals surface area contributed by atoms with Crippen LogP contribution in [-0.2, 0) is 4.79 Å². The largest absolute Gasteiger partial charge is 0.494 e. The van der Waals surface area contributed by atoms with Crippen molar-refractivity contribution in [2.24, 2.45) is 11.7 Å². The van der Waals surface area contributed by atoms with Gasteiger partial charge in [0.05, 0.1) is 6.61 Å². The van der Waals surface area contributed by atoms with Crippen molar-refractivity contribution in [1.29, 1.82) is 0 Å². The van der Waals surface area contributed by atoms with E-state index in [1.54, 1.807) is 12.1 Å². The van der Waals surface area contributed by atoms with E-state index in [1.165, 1.54) is 0 Å². The van der Waals surface area contributed by atoms with Crippen molar-refractivity contribution < 1.29 is 9.53 Å². The first kappa shape index (κ1) is 14.2. The first-order chi connectivity index (χ1) is 9.19. The predicted octanol–water partition coefficient (Wildman–Crippen LogP) is 1.92. The van der Waals surface area contributed by atoms with Gasteiger partial charge in [-0.05, 0) is 43.1 Å². The quantitative estimate of drug-likeness (QED) is 0.811. The van der Waals surface area contributed by atoms with Crippen molar-refractivity contribution in [3.05, 3.63) is 29.3 Å². The van der Waals surface area contributed by atoms with Crippen molar-refractivity contribution in [2.75, 3.05) is 26.2 Å². The Morgan fingerprint density at radius 3 is 2.74 bits per heavy atom. The number of carbonyl (C=O) groups excluding carboxylic acids is 1. The van der Waals surface area contributed by atoms with E-state index in [1.807, 2.05) is 17.0 Å². The van der Waals surface area contributed by atoms with Gasteiger partial charge in [-0.3, -0.25) is 4.79 Å². The summed E-state index contributed by atoms with van der Waals surface area (Å²) in [6.07, 6.45) is 1.42. The van der Waals surface area contributed by atoms with Crippen LogP contribution in [0.2, 0.25) is 5.02 Å². The molecule has 4 nitrogen and oxygen atoms in total. The zero-order chi connectivity index (χ0) is 13.7. The van der Waals surface area contributed by atoms with E-state index in [9.17, 15) is 4.79 Å². The van der Waals surface area contributed by atoms with Crippen LogP contribution in [0.5, 0.6) is 5.75 Å². The molecule has 1 aromatic carbocycles. The molecule has 1 aromatic rings. The molecule has 1 aliphatic rings. The maximum Gasteiger partial charge on any atom is 0.222 e. The van der Waals surface area contributed by atoms with Gasteiger partial charge in [-0.2, -0.15) is 0 Å². The van der Waals surface area contributed by atoms with Gasteiger partial charge >= 0.3 is 0 Å². The van der Waals surface area contributed by atoms with E-state index in [2.05, 4.69) is 0 Å². The summed E-state index contributed by atoms with van der Waals surface area (Å²) in [5.41, 5.74) is 5.59. The lowest BCUT2D eigenvalue weighted by molar-refractivity contribution is -0.127. The Morgan fingerprint density at radius 2 is 2.11 bits per heavy atom. The molecule has 5 heteroatoms. The Hall–Kier alpha value is -1.26. The average molecular weight is 283 g/mol. The van der Waals surface area contributed by atoms with Gasteiger partial charge in [0.25, 0.3) is 0 Å². The van der Waals surface area contributed by atoms with Gasteiger partial charge in [0.1, 0.15) is 5.75 Å². The molecule has 0 saturated carbocycles. The normalized spacial score (nSPS) is 18.9. The van der Waals surface area contributed by atoms with Crippen LogP contribution in [0.15, 0.2) is 24.3 Å². The zero-order valence-corrected chi connectivity index (χ0v) is 11.6. The monoisotopic (exact) mass is 282 g/mol. The van der Waals surface area contributed by atoms with Gasteiger partial charge in [-0.1, -0.05) is 11.6 Å². The number of hydrogen-bond donors (Lipinski definition) is 1. The summed E-state index contributed by atoms with van der Waals surface area (Å²) in [4.78, 5) is 13.5. The Balaban J connectivity index is 1.67. The standard InChI is InChI=1S/C14H19ClN2O2/c15-12-2-4-13(5-3-12)19-7-1-6-17-10-11(9-16)8-14(17)18/h2-5,11H,1,6-10,16H2. The van der Waals surface area contributed by atoms with Crippen LogP contribution in [0.4, 0.5) is 0 Å². The molecule has 1 aliphatic heterocycles. The fourth-order valence-corrected chi connectivity index (χ4v) is 2.33. The van der Waals surface area contributed by atoms with Crippen molar-refractivity contribution in [3.8, 4) is 5.75 Å². The van der Waals surface area contributed by atoms with E-state index in [4.69, 9.17) is 22.1 Å². The molecule has 0 bridgehead atoms. The minimum absolute atomic E-state index is 0.210. The molecule has 1 heterocycles. The summed E-state index contributed by atoms with van der Waals surface area (Å²) in [6, 6.07) is 7.28. The number of carbonyl (C=O) groups is 1. The minimum atomic E-state index is 0.210. The lowest BCUT2D eigenvalue weighted by atomic mass is 10.1. The molecule has 1 fully saturated rings. The third kappa shape index (κ3) is 4.11. The number of nitrogens with zero attached hydrogens (tertiary/aromatic N) is 1. The Bertz CT molecular complexity index is 422. The topological polar surface area (TPSA) is 55.6 Å². The lowest BCUT2D eigenvalue weighted by Crippen LogP contribution is -2.28. The number of amides is 1. The third-order valence-electron chi connectivity index (χ3n) is 3.28. The molecule has 0 spiro atoms. The van der Waals surface area contributed by atoms with E-state index in [0.29, 0.717) is 30.5 Å². The van der Waals surface area contributed by atoms with Gasteiger partial charge in [0.15, 0.2) is 0 Å². The van der Waals surface area contributed by atoms with Gasteiger partial charge < -0.3 is 15.4 Å². The van der Waals surface area contributed by atoms with Crippen molar-refractivity contribution in [1.82, 2.24) is 4.90 Å². The summed E-state index contributed by atoms with van der Waals surface area (Å²) in [7, 11) is 0. The van der Waals surface area contributed by atoms with Gasteiger partial charge in [0, 0.05) is 24.5 Å². The highest BCUT2D eigenvalue weighted by atomic mass is 35.5. The molecule has 0 aliphatic carbocycles. The molecule has 1 amide bonds. The second-order valence-electron chi connectivity index (χ2n) is 4.80. The zero-order valence-electron chi connectivity index (χ0n) is 10.8. The molecule has 104 valence electrons. The Labute approximate surface area is 118 Å². The number of rotatable bonds is 6. The summed E-state index contributed by atoms with van der Waals surface area (Å²) < 4.78 is 5.59. The van der Waals surface area contributed by atoms with E-state index in [0.717, 1.165) is 25.3 Å². The van der Waals surface area contributed by atoms with E-state index < -0.39 is 0 Å². The van der Waals surface area contributed by atoms with Crippen LogP contribution in [-0.4, -0.2) is 37.0 Å². The highest BCUT2D eigenvalue weighted by Crippen LogP contribution is 2.18.